The van der Waals surface area contributed by atoms with Crippen LogP contribution in [0.1, 0.15) is 73.2 Å². The smallest absolute Gasteiger partial charge is 0.392 e. The topological polar surface area (TPSA) is 96.1 Å². The summed E-state index contributed by atoms with van der Waals surface area (Å²) in [6.07, 6.45) is 0. The van der Waals surface area contributed by atoms with Gasteiger partial charge in [-0.15, -0.1) is 10.2 Å². The highest BCUT2D eigenvalue weighted by atomic mass is 16.4. The molecule has 0 amide bonds. The lowest BCUT2D eigenvalue weighted by Crippen LogP contribution is -2.18. The summed E-state index contributed by atoms with van der Waals surface area (Å²) in [6.45, 7) is 15.5. The Morgan fingerprint density at radius 1 is 0.833 bits per heavy atom. The molecule has 0 unspecified atom stereocenters. The number of aromatic nitrogens is 4. The van der Waals surface area contributed by atoms with Gasteiger partial charge in [0, 0.05) is 17.9 Å². The fourth-order valence-corrected chi connectivity index (χ4v) is 1.57. The SMILES string of the molecule is CC(C)n1nc(C(C)(C)C)oc1=O.Cn1nc(C(C)(C)C)oc1=O. The Morgan fingerprint density at radius 3 is 1.46 bits per heavy atom. The van der Waals surface area contributed by atoms with Crippen molar-refractivity contribution in [2.24, 2.45) is 7.05 Å². The van der Waals surface area contributed by atoms with E-state index in [0.717, 1.165) is 0 Å². The summed E-state index contributed by atoms with van der Waals surface area (Å²) < 4.78 is 12.5. The molecule has 8 heteroatoms. The Kier molecular flexibility index (Phi) is 5.63. The first-order valence-electron chi connectivity index (χ1n) is 7.88. The molecule has 2 rings (SSSR count). The first-order chi connectivity index (χ1) is 10.7. The molecule has 24 heavy (non-hydrogen) atoms. The van der Waals surface area contributed by atoms with Gasteiger partial charge in [-0.1, -0.05) is 41.5 Å². The number of hydrogen-bond donors (Lipinski definition) is 0. The van der Waals surface area contributed by atoms with Crippen LogP contribution in [0.3, 0.4) is 0 Å². The summed E-state index contributed by atoms with van der Waals surface area (Å²) in [5.74, 6) is 0.186. The molecule has 0 saturated carbocycles. The molecule has 8 nitrogen and oxygen atoms in total. The maximum absolute atomic E-state index is 11.3. The maximum Gasteiger partial charge on any atom is 0.437 e. The zero-order chi connectivity index (χ0) is 18.9. The fraction of sp³-hybridized carbons (Fsp3) is 0.750. The van der Waals surface area contributed by atoms with Gasteiger partial charge in [-0.05, 0) is 13.8 Å². The Bertz CT molecular complexity index is 779. The molecule has 0 atom stereocenters. The van der Waals surface area contributed by atoms with E-state index in [2.05, 4.69) is 10.2 Å². The lowest BCUT2D eigenvalue weighted by atomic mass is 9.97. The molecule has 0 fully saturated rings. The molecule has 0 radical (unpaired) electrons. The summed E-state index contributed by atoms with van der Waals surface area (Å²) in [5.41, 5.74) is -0.403. The molecular formula is C16H28N4O4. The number of hydrogen-bond acceptors (Lipinski definition) is 6. The molecule has 0 aliphatic heterocycles. The lowest BCUT2D eigenvalue weighted by Gasteiger charge is -2.11. The molecule has 0 saturated heterocycles. The maximum atomic E-state index is 11.3. The molecule has 0 aliphatic rings. The van der Waals surface area contributed by atoms with Gasteiger partial charge in [-0.2, -0.15) is 9.36 Å². The van der Waals surface area contributed by atoms with Gasteiger partial charge in [0.05, 0.1) is 6.04 Å². The van der Waals surface area contributed by atoms with Crippen LogP contribution >= 0.6 is 0 Å². The second-order valence-electron chi connectivity index (χ2n) is 8.01. The predicted molar refractivity (Wildman–Crippen MR) is 90.3 cm³/mol. The normalized spacial score (nSPS) is 12.2. The van der Waals surface area contributed by atoms with Gasteiger partial charge >= 0.3 is 11.5 Å². The molecule has 0 aromatic carbocycles. The average Bonchev–Trinajstić information content (AvgIpc) is 2.93. The van der Waals surface area contributed by atoms with E-state index in [9.17, 15) is 9.59 Å². The Balaban J connectivity index is 0.000000243. The molecule has 0 aliphatic carbocycles. The lowest BCUT2D eigenvalue weighted by molar-refractivity contribution is 0.372. The average molecular weight is 340 g/mol. The van der Waals surface area contributed by atoms with Gasteiger partial charge in [-0.25, -0.2) is 9.59 Å². The highest BCUT2D eigenvalue weighted by Crippen LogP contribution is 2.19. The summed E-state index contributed by atoms with van der Waals surface area (Å²) in [7, 11) is 1.57. The second-order valence-corrected chi connectivity index (χ2v) is 8.01. The van der Waals surface area contributed by atoms with Gasteiger partial charge in [0.25, 0.3) is 0 Å². The van der Waals surface area contributed by atoms with E-state index in [4.69, 9.17) is 8.83 Å². The van der Waals surface area contributed by atoms with Gasteiger partial charge in [-0.3, -0.25) is 0 Å². The minimum atomic E-state index is -0.407. The predicted octanol–water partition coefficient (Wildman–Crippen LogP) is 2.39. The Morgan fingerprint density at radius 2 is 1.25 bits per heavy atom. The molecule has 2 aromatic rings. The highest BCUT2D eigenvalue weighted by molar-refractivity contribution is 4.94. The van der Waals surface area contributed by atoms with Gasteiger partial charge in [0.15, 0.2) is 0 Å². The van der Waals surface area contributed by atoms with Crippen molar-refractivity contribution in [3.05, 3.63) is 32.9 Å². The third-order valence-corrected chi connectivity index (χ3v) is 3.03. The van der Waals surface area contributed by atoms with Crippen molar-refractivity contribution >= 4 is 0 Å². The molecule has 136 valence electrons. The van der Waals surface area contributed by atoms with Crippen LogP contribution in [-0.2, 0) is 17.9 Å². The van der Waals surface area contributed by atoms with Crippen LogP contribution in [0.4, 0.5) is 0 Å². The molecule has 0 N–H and O–H groups in total. The molecule has 0 spiro atoms. The second kappa shape index (κ2) is 6.78. The van der Waals surface area contributed by atoms with E-state index in [1.807, 2.05) is 55.4 Å². The number of aryl methyl sites for hydroxylation is 1. The quantitative estimate of drug-likeness (QED) is 0.791. The van der Waals surface area contributed by atoms with Crippen LogP contribution in [0.25, 0.3) is 0 Å². The van der Waals surface area contributed by atoms with Crippen LogP contribution in [-0.4, -0.2) is 19.6 Å². The van der Waals surface area contributed by atoms with Crippen molar-refractivity contribution in [1.82, 2.24) is 19.6 Å². The summed E-state index contributed by atoms with van der Waals surface area (Å²) >= 11 is 0. The molecule has 2 heterocycles. The summed E-state index contributed by atoms with van der Waals surface area (Å²) in [4.78, 5) is 22.1. The van der Waals surface area contributed by atoms with Crippen LogP contribution < -0.4 is 11.5 Å². The van der Waals surface area contributed by atoms with Crippen LogP contribution in [0.5, 0.6) is 0 Å². The monoisotopic (exact) mass is 340 g/mol. The first-order valence-corrected chi connectivity index (χ1v) is 7.88. The van der Waals surface area contributed by atoms with Gasteiger partial charge in [0.1, 0.15) is 0 Å². The van der Waals surface area contributed by atoms with Crippen LogP contribution in [0.2, 0.25) is 0 Å². The van der Waals surface area contributed by atoms with Crippen LogP contribution in [0, 0.1) is 0 Å². The van der Waals surface area contributed by atoms with Crippen molar-refractivity contribution in [1.29, 1.82) is 0 Å². The van der Waals surface area contributed by atoms with E-state index in [-0.39, 0.29) is 22.6 Å². The minimum Gasteiger partial charge on any atom is -0.392 e. The fourth-order valence-electron chi connectivity index (χ4n) is 1.57. The zero-order valence-electron chi connectivity index (χ0n) is 16.0. The standard InChI is InChI=1S/C9H16N2O2.C7H12N2O2/c1-6(2)11-8(12)13-7(10-11)9(3,4)5;1-7(2,3)5-8-9(4)6(10)11-5/h6H,1-5H3;1-4H3. The van der Waals surface area contributed by atoms with Crippen molar-refractivity contribution < 1.29 is 8.83 Å². The van der Waals surface area contributed by atoms with Gasteiger partial charge < -0.3 is 8.83 Å². The minimum absolute atomic E-state index is 0.0485. The van der Waals surface area contributed by atoms with Gasteiger partial charge in [0.2, 0.25) is 11.8 Å². The van der Waals surface area contributed by atoms with E-state index in [1.165, 1.54) is 9.36 Å². The Labute approximate surface area is 141 Å². The van der Waals surface area contributed by atoms with E-state index in [1.54, 1.807) is 7.05 Å². The van der Waals surface area contributed by atoms with E-state index in [0.29, 0.717) is 11.8 Å². The van der Waals surface area contributed by atoms with Crippen molar-refractivity contribution in [3.63, 3.8) is 0 Å². The van der Waals surface area contributed by atoms with Crippen LogP contribution in [0.15, 0.2) is 18.4 Å². The number of rotatable bonds is 1. The molecular weight excluding hydrogens is 312 g/mol. The zero-order valence-corrected chi connectivity index (χ0v) is 16.0. The number of nitrogens with zero attached hydrogens (tertiary/aromatic N) is 4. The van der Waals surface area contributed by atoms with E-state index >= 15 is 0 Å². The highest BCUT2D eigenvalue weighted by Gasteiger charge is 2.23. The van der Waals surface area contributed by atoms with Crippen molar-refractivity contribution in [2.75, 3.05) is 0 Å². The van der Waals surface area contributed by atoms with Crippen molar-refractivity contribution in [2.45, 2.75) is 72.3 Å². The summed E-state index contributed by atoms with van der Waals surface area (Å²) in [6, 6.07) is 0.0485. The van der Waals surface area contributed by atoms with Crippen molar-refractivity contribution in [3.8, 4) is 0 Å². The molecule has 2 aromatic heterocycles. The molecule has 0 bridgehead atoms. The third kappa shape index (κ3) is 4.94. The Hall–Kier alpha value is -2.12. The largest absolute Gasteiger partial charge is 0.437 e. The first kappa shape index (κ1) is 19.9. The van der Waals surface area contributed by atoms with E-state index < -0.39 is 5.76 Å². The third-order valence-electron chi connectivity index (χ3n) is 3.03. The summed E-state index contributed by atoms with van der Waals surface area (Å²) in [5, 5.41) is 8.04.